The normalized spacial score (nSPS) is 8.76. The molecule has 86 valence electrons. The minimum Gasteiger partial charge on any atom is -0.465 e. The Labute approximate surface area is 101 Å². The highest BCUT2D eigenvalue weighted by Crippen LogP contribution is 2.09. The van der Waals surface area contributed by atoms with Crippen LogP contribution >= 0.6 is 0 Å². The summed E-state index contributed by atoms with van der Waals surface area (Å²) in [6.45, 7) is 4.03. The number of benzene rings is 1. The van der Waals surface area contributed by atoms with Crippen LogP contribution < -0.4 is 0 Å². The first-order valence-electron chi connectivity index (χ1n) is 5.32. The van der Waals surface area contributed by atoms with Gasteiger partial charge in [0.1, 0.15) is 6.42 Å². The SMILES string of the molecule is CCOC(=O)CC#Cc1cc(C#N)ccc1C. The van der Waals surface area contributed by atoms with E-state index < -0.39 is 0 Å². The fourth-order valence-corrected chi connectivity index (χ4v) is 1.25. The van der Waals surface area contributed by atoms with Gasteiger partial charge in [0.25, 0.3) is 0 Å². The Morgan fingerprint density at radius 3 is 2.88 bits per heavy atom. The van der Waals surface area contributed by atoms with Gasteiger partial charge in [0, 0.05) is 5.56 Å². The largest absolute Gasteiger partial charge is 0.465 e. The smallest absolute Gasteiger partial charge is 0.317 e. The van der Waals surface area contributed by atoms with Gasteiger partial charge in [0.2, 0.25) is 0 Å². The molecule has 0 aliphatic heterocycles. The molecule has 0 unspecified atom stereocenters. The Hall–Kier alpha value is -2.26. The minimum atomic E-state index is -0.325. The molecule has 0 heterocycles. The Balaban J connectivity index is 2.78. The third-order valence-electron chi connectivity index (χ3n) is 2.13. The van der Waals surface area contributed by atoms with Gasteiger partial charge in [-0.2, -0.15) is 5.26 Å². The van der Waals surface area contributed by atoms with Gasteiger partial charge >= 0.3 is 5.97 Å². The van der Waals surface area contributed by atoms with Crippen LogP contribution in [0.5, 0.6) is 0 Å². The lowest BCUT2D eigenvalue weighted by Gasteiger charge is -1.98. The minimum absolute atomic E-state index is 0.0735. The topological polar surface area (TPSA) is 50.1 Å². The zero-order chi connectivity index (χ0) is 12.7. The number of carbonyl (C=O) groups excluding carboxylic acids is 1. The second-order valence-corrected chi connectivity index (χ2v) is 3.43. The Bertz CT molecular complexity index is 515. The van der Waals surface area contributed by atoms with Crippen molar-refractivity contribution in [3.8, 4) is 17.9 Å². The van der Waals surface area contributed by atoms with Crippen molar-refractivity contribution >= 4 is 5.97 Å². The van der Waals surface area contributed by atoms with E-state index in [2.05, 4.69) is 17.9 Å². The average Bonchev–Trinajstić information content (AvgIpc) is 2.32. The summed E-state index contributed by atoms with van der Waals surface area (Å²) >= 11 is 0. The monoisotopic (exact) mass is 227 g/mol. The molecular weight excluding hydrogens is 214 g/mol. The molecule has 3 nitrogen and oxygen atoms in total. The van der Waals surface area contributed by atoms with Crippen molar-refractivity contribution in [3.63, 3.8) is 0 Å². The highest BCUT2D eigenvalue weighted by Gasteiger charge is 1.98. The van der Waals surface area contributed by atoms with Crippen LogP contribution in [0.1, 0.15) is 30.0 Å². The van der Waals surface area contributed by atoms with Gasteiger partial charge < -0.3 is 4.74 Å². The molecule has 0 radical (unpaired) electrons. The van der Waals surface area contributed by atoms with E-state index in [1.807, 2.05) is 13.0 Å². The van der Waals surface area contributed by atoms with Crippen LogP contribution in [0.3, 0.4) is 0 Å². The first-order chi connectivity index (χ1) is 8.17. The van der Waals surface area contributed by atoms with Crippen LogP contribution in [0.4, 0.5) is 0 Å². The maximum Gasteiger partial charge on any atom is 0.317 e. The molecule has 0 fully saturated rings. The maximum absolute atomic E-state index is 11.1. The average molecular weight is 227 g/mol. The molecule has 0 aliphatic rings. The van der Waals surface area contributed by atoms with Gasteiger partial charge in [-0.05, 0) is 31.5 Å². The summed E-state index contributed by atoms with van der Waals surface area (Å²) in [4.78, 5) is 11.1. The zero-order valence-corrected chi connectivity index (χ0v) is 9.91. The van der Waals surface area contributed by atoms with Crippen LogP contribution in [-0.2, 0) is 9.53 Å². The van der Waals surface area contributed by atoms with Crippen LogP contribution in [0, 0.1) is 30.1 Å². The third-order valence-corrected chi connectivity index (χ3v) is 2.13. The Kier molecular flexibility index (Phi) is 4.78. The molecule has 0 amide bonds. The number of esters is 1. The van der Waals surface area contributed by atoms with Gasteiger partial charge in [0.15, 0.2) is 0 Å². The van der Waals surface area contributed by atoms with Crippen molar-refractivity contribution in [1.82, 2.24) is 0 Å². The highest BCUT2D eigenvalue weighted by atomic mass is 16.5. The lowest BCUT2D eigenvalue weighted by atomic mass is 10.1. The second-order valence-electron chi connectivity index (χ2n) is 3.43. The van der Waals surface area contributed by atoms with Crippen molar-refractivity contribution in [2.75, 3.05) is 6.61 Å². The van der Waals surface area contributed by atoms with E-state index in [9.17, 15) is 4.79 Å². The molecule has 0 aromatic heterocycles. The van der Waals surface area contributed by atoms with Crippen molar-refractivity contribution in [1.29, 1.82) is 5.26 Å². The summed E-state index contributed by atoms with van der Waals surface area (Å²) in [5.74, 6) is 5.29. The number of carbonyl (C=O) groups is 1. The van der Waals surface area contributed by atoms with Gasteiger partial charge in [-0.15, -0.1) is 0 Å². The van der Waals surface area contributed by atoms with E-state index in [4.69, 9.17) is 10.00 Å². The second kappa shape index (κ2) is 6.35. The summed E-state index contributed by atoms with van der Waals surface area (Å²) in [7, 11) is 0. The predicted octanol–water partition coefficient (Wildman–Crippen LogP) is 2.17. The van der Waals surface area contributed by atoms with E-state index in [1.165, 1.54) is 0 Å². The summed E-state index contributed by atoms with van der Waals surface area (Å²) < 4.78 is 4.76. The standard InChI is InChI=1S/C14H13NO2/c1-3-17-14(16)6-4-5-13-9-12(10-15)8-7-11(13)2/h7-9H,3,6H2,1-2H3. The van der Waals surface area contributed by atoms with Gasteiger partial charge in [-0.1, -0.05) is 17.9 Å². The van der Waals surface area contributed by atoms with Crippen molar-refractivity contribution in [3.05, 3.63) is 34.9 Å². The molecule has 1 aromatic rings. The van der Waals surface area contributed by atoms with E-state index >= 15 is 0 Å². The van der Waals surface area contributed by atoms with E-state index in [1.54, 1.807) is 19.1 Å². The highest BCUT2D eigenvalue weighted by molar-refractivity contribution is 5.72. The first kappa shape index (κ1) is 12.8. The molecule has 0 bridgehead atoms. The number of ether oxygens (including phenoxy) is 1. The van der Waals surface area contributed by atoms with E-state index in [0.29, 0.717) is 12.2 Å². The molecule has 0 saturated carbocycles. The zero-order valence-electron chi connectivity index (χ0n) is 9.91. The van der Waals surface area contributed by atoms with Crippen molar-refractivity contribution in [2.45, 2.75) is 20.3 Å². The number of nitrogens with zero attached hydrogens (tertiary/aromatic N) is 1. The Morgan fingerprint density at radius 1 is 1.47 bits per heavy atom. The van der Waals surface area contributed by atoms with Crippen LogP contribution in [0.25, 0.3) is 0 Å². The summed E-state index contributed by atoms with van der Waals surface area (Å²) in [5, 5.41) is 8.76. The molecule has 1 rings (SSSR count). The molecule has 1 aromatic carbocycles. The molecule has 0 atom stereocenters. The quantitative estimate of drug-likeness (QED) is 0.574. The molecule has 0 saturated heterocycles. The van der Waals surface area contributed by atoms with Crippen LogP contribution in [-0.4, -0.2) is 12.6 Å². The number of aryl methyl sites for hydroxylation is 1. The van der Waals surface area contributed by atoms with Crippen molar-refractivity contribution < 1.29 is 9.53 Å². The summed E-state index contributed by atoms with van der Waals surface area (Å²) in [5.41, 5.74) is 2.32. The Morgan fingerprint density at radius 2 is 2.24 bits per heavy atom. The molecule has 0 N–H and O–H groups in total. The molecular formula is C14H13NO2. The van der Waals surface area contributed by atoms with Gasteiger partial charge in [-0.25, -0.2) is 0 Å². The molecule has 17 heavy (non-hydrogen) atoms. The lowest BCUT2D eigenvalue weighted by Crippen LogP contribution is -2.01. The van der Waals surface area contributed by atoms with E-state index in [0.717, 1.165) is 11.1 Å². The van der Waals surface area contributed by atoms with Crippen LogP contribution in [0.2, 0.25) is 0 Å². The number of nitriles is 1. The lowest BCUT2D eigenvalue weighted by molar-refractivity contribution is -0.141. The first-order valence-corrected chi connectivity index (χ1v) is 5.32. The van der Waals surface area contributed by atoms with Crippen LogP contribution in [0.15, 0.2) is 18.2 Å². The molecule has 0 spiro atoms. The fourth-order valence-electron chi connectivity index (χ4n) is 1.25. The van der Waals surface area contributed by atoms with E-state index in [-0.39, 0.29) is 12.4 Å². The third kappa shape index (κ3) is 4.01. The number of rotatable bonds is 2. The molecule has 3 heteroatoms. The number of hydrogen-bond acceptors (Lipinski definition) is 3. The predicted molar refractivity (Wildman–Crippen MR) is 64.0 cm³/mol. The molecule has 0 aliphatic carbocycles. The summed E-state index contributed by atoms with van der Waals surface area (Å²) in [6.07, 6.45) is 0.0735. The van der Waals surface area contributed by atoms with Gasteiger partial charge in [0.05, 0.1) is 18.2 Å². The van der Waals surface area contributed by atoms with Crippen molar-refractivity contribution in [2.24, 2.45) is 0 Å². The summed E-state index contributed by atoms with van der Waals surface area (Å²) in [6, 6.07) is 7.35. The fraction of sp³-hybridized carbons (Fsp3) is 0.286. The van der Waals surface area contributed by atoms with Gasteiger partial charge in [-0.3, -0.25) is 4.79 Å². The maximum atomic E-state index is 11.1. The number of hydrogen-bond donors (Lipinski definition) is 0.